The van der Waals surface area contributed by atoms with Crippen molar-refractivity contribution in [2.24, 2.45) is 0 Å². The van der Waals surface area contributed by atoms with Gasteiger partial charge in [-0.15, -0.1) is 0 Å². The number of ether oxygens (including phenoxy) is 1. The van der Waals surface area contributed by atoms with Crippen LogP contribution in [0.4, 0.5) is 11.4 Å². The van der Waals surface area contributed by atoms with Crippen molar-refractivity contribution in [2.45, 2.75) is 46.0 Å². The molecule has 5 heteroatoms. The first kappa shape index (κ1) is 21.9. The number of rotatable bonds is 10. The minimum atomic E-state index is -0.197. The SMILES string of the molecule is CCCCCOc1cccc(C(=O)Nc2ccc3c4c(cccc24)C(=O)N3CCCC)c1. The molecular weight excluding hydrogens is 400 g/mol. The zero-order valence-corrected chi connectivity index (χ0v) is 18.8. The van der Waals surface area contributed by atoms with Crippen LogP contribution in [0.2, 0.25) is 0 Å². The fraction of sp³-hybridized carbons (Fsp3) is 0.333. The summed E-state index contributed by atoms with van der Waals surface area (Å²) in [6, 6.07) is 16.8. The monoisotopic (exact) mass is 430 g/mol. The summed E-state index contributed by atoms with van der Waals surface area (Å²) in [6.07, 6.45) is 5.25. The molecule has 2 amide bonds. The van der Waals surface area contributed by atoms with Crippen molar-refractivity contribution in [1.29, 1.82) is 0 Å². The quantitative estimate of drug-likeness (QED) is 0.378. The van der Waals surface area contributed by atoms with Gasteiger partial charge in [-0.25, -0.2) is 0 Å². The summed E-state index contributed by atoms with van der Waals surface area (Å²) in [5.74, 6) is 0.540. The minimum Gasteiger partial charge on any atom is -0.494 e. The lowest BCUT2D eigenvalue weighted by Crippen LogP contribution is -2.27. The molecule has 5 nitrogen and oxygen atoms in total. The zero-order chi connectivity index (χ0) is 22.5. The molecule has 0 bridgehead atoms. The first-order valence-electron chi connectivity index (χ1n) is 11.6. The number of carbonyl (C=O) groups excluding carboxylic acids is 2. The summed E-state index contributed by atoms with van der Waals surface area (Å²) >= 11 is 0. The molecule has 0 aliphatic carbocycles. The predicted octanol–water partition coefficient (Wildman–Crippen LogP) is 6.42. The second kappa shape index (κ2) is 9.86. The Labute approximate surface area is 189 Å². The summed E-state index contributed by atoms with van der Waals surface area (Å²) in [4.78, 5) is 27.8. The fourth-order valence-corrected chi connectivity index (χ4v) is 4.16. The fourth-order valence-electron chi connectivity index (χ4n) is 4.16. The van der Waals surface area contributed by atoms with Gasteiger partial charge in [0.15, 0.2) is 0 Å². The topological polar surface area (TPSA) is 58.6 Å². The van der Waals surface area contributed by atoms with Gasteiger partial charge in [-0.05, 0) is 49.2 Å². The molecule has 1 aliphatic heterocycles. The van der Waals surface area contributed by atoms with Gasteiger partial charge in [-0.1, -0.05) is 51.3 Å². The molecule has 3 aromatic carbocycles. The van der Waals surface area contributed by atoms with Crippen molar-refractivity contribution in [3.63, 3.8) is 0 Å². The molecule has 1 N–H and O–H groups in total. The molecule has 0 atom stereocenters. The molecular formula is C27H30N2O3. The second-order valence-electron chi connectivity index (χ2n) is 8.21. The molecule has 0 saturated carbocycles. The molecule has 0 aromatic heterocycles. The maximum absolute atomic E-state index is 13.0. The van der Waals surface area contributed by atoms with Crippen LogP contribution in [0.25, 0.3) is 10.8 Å². The lowest BCUT2D eigenvalue weighted by Gasteiger charge is -2.17. The Morgan fingerprint density at radius 3 is 2.59 bits per heavy atom. The smallest absolute Gasteiger partial charge is 0.258 e. The van der Waals surface area contributed by atoms with E-state index in [9.17, 15) is 9.59 Å². The second-order valence-corrected chi connectivity index (χ2v) is 8.21. The van der Waals surface area contributed by atoms with E-state index in [0.29, 0.717) is 35.7 Å². The Morgan fingerprint density at radius 1 is 0.969 bits per heavy atom. The lowest BCUT2D eigenvalue weighted by molar-refractivity contribution is 0.0991. The van der Waals surface area contributed by atoms with E-state index >= 15 is 0 Å². The van der Waals surface area contributed by atoms with Crippen molar-refractivity contribution in [1.82, 2.24) is 0 Å². The molecule has 4 rings (SSSR count). The summed E-state index contributed by atoms with van der Waals surface area (Å²) in [5.41, 5.74) is 2.87. The zero-order valence-electron chi connectivity index (χ0n) is 18.8. The number of hydrogen-bond acceptors (Lipinski definition) is 3. The predicted molar refractivity (Wildman–Crippen MR) is 130 cm³/mol. The number of anilines is 2. The van der Waals surface area contributed by atoms with E-state index in [0.717, 1.165) is 48.6 Å². The van der Waals surface area contributed by atoms with Gasteiger partial charge >= 0.3 is 0 Å². The number of hydrogen-bond donors (Lipinski definition) is 1. The average Bonchev–Trinajstić information content (AvgIpc) is 3.09. The summed E-state index contributed by atoms with van der Waals surface area (Å²) < 4.78 is 5.79. The highest BCUT2D eigenvalue weighted by Gasteiger charge is 2.30. The third-order valence-electron chi connectivity index (χ3n) is 5.88. The molecule has 3 aromatic rings. The van der Waals surface area contributed by atoms with Gasteiger partial charge in [0.25, 0.3) is 11.8 Å². The van der Waals surface area contributed by atoms with Gasteiger partial charge in [0.1, 0.15) is 5.75 Å². The van der Waals surface area contributed by atoms with Crippen LogP contribution in [0.1, 0.15) is 66.7 Å². The number of amides is 2. The largest absolute Gasteiger partial charge is 0.494 e. The maximum atomic E-state index is 13.0. The van der Waals surface area contributed by atoms with E-state index in [4.69, 9.17) is 4.74 Å². The van der Waals surface area contributed by atoms with Crippen LogP contribution in [-0.2, 0) is 0 Å². The van der Waals surface area contributed by atoms with E-state index in [1.165, 1.54) is 0 Å². The molecule has 1 aliphatic rings. The summed E-state index contributed by atoms with van der Waals surface area (Å²) in [5, 5.41) is 4.83. The molecule has 32 heavy (non-hydrogen) atoms. The van der Waals surface area contributed by atoms with Crippen LogP contribution >= 0.6 is 0 Å². The number of benzene rings is 3. The van der Waals surface area contributed by atoms with E-state index in [2.05, 4.69) is 19.2 Å². The van der Waals surface area contributed by atoms with Crippen LogP contribution in [0.15, 0.2) is 54.6 Å². The summed E-state index contributed by atoms with van der Waals surface area (Å²) in [6.45, 7) is 5.63. The first-order valence-corrected chi connectivity index (χ1v) is 11.6. The van der Waals surface area contributed by atoms with Crippen molar-refractivity contribution in [3.8, 4) is 5.75 Å². The van der Waals surface area contributed by atoms with Crippen LogP contribution in [0.3, 0.4) is 0 Å². The van der Waals surface area contributed by atoms with Crippen molar-refractivity contribution in [2.75, 3.05) is 23.4 Å². The highest BCUT2D eigenvalue weighted by Crippen LogP contribution is 2.40. The molecule has 1 heterocycles. The van der Waals surface area contributed by atoms with E-state index in [1.54, 1.807) is 12.1 Å². The minimum absolute atomic E-state index is 0.0375. The number of nitrogens with one attached hydrogen (secondary N) is 1. The molecule has 0 radical (unpaired) electrons. The van der Waals surface area contributed by atoms with E-state index in [-0.39, 0.29) is 11.8 Å². The summed E-state index contributed by atoms with van der Waals surface area (Å²) in [7, 11) is 0. The maximum Gasteiger partial charge on any atom is 0.258 e. The molecule has 0 unspecified atom stereocenters. The number of carbonyl (C=O) groups is 2. The van der Waals surface area contributed by atoms with E-state index < -0.39 is 0 Å². The van der Waals surface area contributed by atoms with Crippen LogP contribution < -0.4 is 15.0 Å². The third-order valence-corrected chi connectivity index (χ3v) is 5.88. The first-order chi connectivity index (χ1) is 15.6. The third kappa shape index (κ3) is 4.33. The highest BCUT2D eigenvalue weighted by molar-refractivity contribution is 6.27. The lowest BCUT2D eigenvalue weighted by atomic mass is 10.0. The van der Waals surface area contributed by atoms with Crippen LogP contribution in [0.5, 0.6) is 5.75 Å². The molecule has 0 saturated heterocycles. The number of nitrogens with zero attached hydrogens (tertiary/aromatic N) is 1. The van der Waals surface area contributed by atoms with Gasteiger partial charge in [-0.3, -0.25) is 9.59 Å². The van der Waals surface area contributed by atoms with E-state index in [1.807, 2.05) is 47.4 Å². The standard InChI is InChI=1S/C27H30N2O3/c1-3-5-7-17-32-20-11-8-10-19(18-20)26(30)28-23-14-15-24-25-21(23)12-9-13-22(25)27(31)29(24)16-6-4-2/h8-15,18H,3-7,16-17H2,1-2H3,(H,28,30). The van der Waals surface area contributed by atoms with Gasteiger partial charge in [0.2, 0.25) is 0 Å². The normalized spacial score (nSPS) is 12.4. The Kier molecular flexibility index (Phi) is 6.74. The Morgan fingerprint density at radius 2 is 1.78 bits per heavy atom. The molecule has 0 spiro atoms. The van der Waals surface area contributed by atoms with Gasteiger partial charge in [0, 0.05) is 34.1 Å². The highest BCUT2D eigenvalue weighted by atomic mass is 16.5. The van der Waals surface area contributed by atoms with Crippen LogP contribution in [0, 0.1) is 0 Å². The molecule has 166 valence electrons. The Bertz CT molecular complexity index is 1140. The average molecular weight is 431 g/mol. The molecule has 0 fully saturated rings. The van der Waals surface area contributed by atoms with Crippen molar-refractivity contribution in [3.05, 3.63) is 65.7 Å². The number of unbranched alkanes of at least 4 members (excludes halogenated alkanes) is 3. The van der Waals surface area contributed by atoms with Gasteiger partial charge < -0.3 is 15.0 Å². The van der Waals surface area contributed by atoms with Crippen molar-refractivity contribution >= 4 is 34.0 Å². The van der Waals surface area contributed by atoms with Gasteiger partial charge in [-0.2, -0.15) is 0 Å². The Hall–Kier alpha value is -3.34. The van der Waals surface area contributed by atoms with Gasteiger partial charge in [0.05, 0.1) is 12.3 Å². The van der Waals surface area contributed by atoms with Crippen LogP contribution in [-0.4, -0.2) is 25.0 Å². The Balaban J connectivity index is 1.57. The van der Waals surface area contributed by atoms with Crippen molar-refractivity contribution < 1.29 is 14.3 Å².